The van der Waals surface area contributed by atoms with Crippen LogP contribution in [-0.4, -0.2) is 54.4 Å². The molecule has 0 aliphatic rings. The lowest BCUT2D eigenvalue weighted by atomic mass is 9.97. The molecular formula is C23H30N6O2. The molecule has 8 heteroatoms. The van der Waals surface area contributed by atoms with Gasteiger partial charge in [-0.15, -0.1) is 10.2 Å². The maximum atomic E-state index is 12.3. The van der Waals surface area contributed by atoms with Crippen molar-refractivity contribution < 1.29 is 9.53 Å². The number of hydrogen-bond acceptors (Lipinski definition) is 7. The average Bonchev–Trinajstić information content (AvgIpc) is 3.16. The fraction of sp³-hybridized carbons (Fsp3) is 0.391. The molecule has 0 atom stereocenters. The van der Waals surface area contributed by atoms with Crippen molar-refractivity contribution in [2.45, 2.75) is 27.3 Å². The van der Waals surface area contributed by atoms with Crippen LogP contribution in [0, 0.1) is 5.41 Å². The molecule has 0 radical (unpaired) electrons. The van der Waals surface area contributed by atoms with Crippen molar-refractivity contribution in [3.8, 4) is 17.1 Å². The predicted octanol–water partition coefficient (Wildman–Crippen LogP) is 3.47. The number of esters is 1. The first-order chi connectivity index (χ1) is 14.5. The van der Waals surface area contributed by atoms with Crippen molar-refractivity contribution in [3.05, 3.63) is 48.0 Å². The van der Waals surface area contributed by atoms with Crippen molar-refractivity contribution in [2.24, 2.45) is 5.41 Å². The van der Waals surface area contributed by atoms with Crippen molar-refractivity contribution in [2.75, 3.05) is 38.0 Å². The Kier molecular flexibility index (Phi) is 6.29. The highest BCUT2D eigenvalue weighted by Crippen LogP contribution is 2.32. The van der Waals surface area contributed by atoms with Crippen LogP contribution in [0.5, 0.6) is 5.75 Å². The number of carbonyl (C=O) groups is 1. The van der Waals surface area contributed by atoms with Crippen molar-refractivity contribution in [1.29, 1.82) is 0 Å². The number of rotatable bonds is 6. The Bertz CT molecular complexity index is 1050. The van der Waals surface area contributed by atoms with Gasteiger partial charge in [0.2, 0.25) is 5.82 Å². The summed E-state index contributed by atoms with van der Waals surface area (Å²) in [4.78, 5) is 17.8. The van der Waals surface area contributed by atoms with E-state index < -0.39 is 5.41 Å². The SMILES string of the molecule is CN(C)c1ccc(Cn2nnc(-c3ccc(OC(=O)C(C)(C)C)c(N(C)C)c3)n2)cc1. The van der Waals surface area contributed by atoms with Gasteiger partial charge in [0.25, 0.3) is 0 Å². The molecule has 3 rings (SSSR count). The molecule has 8 nitrogen and oxygen atoms in total. The van der Waals surface area contributed by atoms with Gasteiger partial charge in [-0.3, -0.25) is 4.79 Å². The summed E-state index contributed by atoms with van der Waals surface area (Å²) in [6.45, 7) is 6.02. The molecule has 0 fully saturated rings. The summed E-state index contributed by atoms with van der Waals surface area (Å²) in [6.07, 6.45) is 0. The van der Waals surface area contributed by atoms with E-state index in [9.17, 15) is 4.79 Å². The summed E-state index contributed by atoms with van der Waals surface area (Å²) in [7, 11) is 7.82. The third kappa shape index (κ3) is 5.39. The summed E-state index contributed by atoms with van der Waals surface area (Å²) >= 11 is 0. The molecular weight excluding hydrogens is 392 g/mol. The predicted molar refractivity (Wildman–Crippen MR) is 123 cm³/mol. The number of hydrogen-bond donors (Lipinski definition) is 0. The second kappa shape index (κ2) is 8.75. The minimum Gasteiger partial charge on any atom is -0.424 e. The minimum absolute atomic E-state index is 0.285. The third-order valence-electron chi connectivity index (χ3n) is 4.74. The van der Waals surface area contributed by atoms with Crippen LogP contribution >= 0.6 is 0 Å². The van der Waals surface area contributed by atoms with E-state index in [1.165, 1.54) is 0 Å². The number of aromatic nitrogens is 4. The number of benzene rings is 2. The molecule has 0 spiro atoms. The lowest BCUT2D eigenvalue weighted by Gasteiger charge is -2.21. The molecule has 31 heavy (non-hydrogen) atoms. The molecule has 0 saturated carbocycles. The normalized spacial score (nSPS) is 11.3. The highest BCUT2D eigenvalue weighted by atomic mass is 16.5. The molecule has 3 aromatic rings. The first kappa shape index (κ1) is 22.3. The Hall–Kier alpha value is -3.42. The minimum atomic E-state index is -0.586. The van der Waals surface area contributed by atoms with Crippen LogP contribution in [0.4, 0.5) is 11.4 Å². The molecule has 0 aliphatic carbocycles. The van der Waals surface area contributed by atoms with Crippen LogP contribution < -0.4 is 14.5 Å². The van der Waals surface area contributed by atoms with Crippen LogP contribution in [0.15, 0.2) is 42.5 Å². The van der Waals surface area contributed by atoms with E-state index in [1.807, 2.05) is 66.0 Å². The zero-order valence-corrected chi connectivity index (χ0v) is 19.2. The average molecular weight is 423 g/mol. The molecule has 0 unspecified atom stereocenters. The van der Waals surface area contributed by atoms with Gasteiger partial charge >= 0.3 is 5.97 Å². The van der Waals surface area contributed by atoms with E-state index in [4.69, 9.17) is 4.74 Å². The number of tetrazole rings is 1. The Morgan fingerprint density at radius 3 is 2.26 bits per heavy atom. The molecule has 1 heterocycles. The van der Waals surface area contributed by atoms with Gasteiger partial charge in [0, 0.05) is 39.4 Å². The van der Waals surface area contributed by atoms with Crippen LogP contribution in [-0.2, 0) is 11.3 Å². The van der Waals surface area contributed by atoms with E-state index in [-0.39, 0.29) is 5.97 Å². The third-order valence-corrected chi connectivity index (χ3v) is 4.74. The lowest BCUT2D eigenvalue weighted by molar-refractivity contribution is -0.142. The Morgan fingerprint density at radius 2 is 1.68 bits per heavy atom. The maximum absolute atomic E-state index is 12.3. The molecule has 0 bridgehead atoms. The van der Waals surface area contributed by atoms with E-state index in [0.717, 1.165) is 22.5 Å². The van der Waals surface area contributed by atoms with Gasteiger partial charge in [0.1, 0.15) is 0 Å². The van der Waals surface area contributed by atoms with Crippen molar-refractivity contribution in [3.63, 3.8) is 0 Å². The van der Waals surface area contributed by atoms with Gasteiger partial charge in [-0.05, 0) is 61.9 Å². The molecule has 1 aromatic heterocycles. The Morgan fingerprint density at radius 1 is 1.00 bits per heavy atom. The van der Waals surface area contributed by atoms with Crippen molar-refractivity contribution >= 4 is 17.3 Å². The van der Waals surface area contributed by atoms with Gasteiger partial charge in [-0.1, -0.05) is 12.1 Å². The first-order valence-electron chi connectivity index (χ1n) is 10.1. The van der Waals surface area contributed by atoms with Crippen LogP contribution in [0.25, 0.3) is 11.4 Å². The van der Waals surface area contributed by atoms with E-state index in [0.29, 0.717) is 18.1 Å². The monoisotopic (exact) mass is 422 g/mol. The highest BCUT2D eigenvalue weighted by molar-refractivity contribution is 5.80. The van der Waals surface area contributed by atoms with Gasteiger partial charge in [-0.2, -0.15) is 4.80 Å². The highest BCUT2D eigenvalue weighted by Gasteiger charge is 2.25. The fourth-order valence-corrected chi connectivity index (χ4v) is 2.83. The lowest BCUT2D eigenvalue weighted by Crippen LogP contribution is -2.26. The van der Waals surface area contributed by atoms with E-state index >= 15 is 0 Å². The zero-order chi connectivity index (χ0) is 22.8. The Labute approximate surface area is 183 Å². The summed E-state index contributed by atoms with van der Waals surface area (Å²) in [5.74, 6) is 0.733. The van der Waals surface area contributed by atoms with Crippen LogP contribution in [0.3, 0.4) is 0 Å². The van der Waals surface area contributed by atoms with Gasteiger partial charge in [0.15, 0.2) is 5.75 Å². The molecule has 164 valence electrons. The number of anilines is 2. The molecule has 0 aliphatic heterocycles. The second-order valence-electron chi connectivity index (χ2n) is 8.92. The topological polar surface area (TPSA) is 76.4 Å². The number of ether oxygens (including phenoxy) is 1. The smallest absolute Gasteiger partial charge is 0.316 e. The quantitative estimate of drug-likeness (QED) is 0.445. The van der Waals surface area contributed by atoms with Crippen LogP contribution in [0.1, 0.15) is 26.3 Å². The number of carbonyl (C=O) groups excluding carboxylic acids is 1. The molecule has 0 amide bonds. The standard InChI is InChI=1S/C23H30N6O2/c1-23(2,3)22(30)31-20-13-10-17(14-19(20)28(6)7)21-24-26-29(25-21)15-16-8-11-18(12-9-16)27(4)5/h8-14H,15H2,1-7H3. The number of nitrogens with zero attached hydrogens (tertiary/aromatic N) is 6. The maximum Gasteiger partial charge on any atom is 0.316 e. The fourth-order valence-electron chi connectivity index (χ4n) is 2.83. The van der Waals surface area contributed by atoms with Gasteiger partial charge < -0.3 is 14.5 Å². The summed E-state index contributed by atoms with van der Waals surface area (Å²) in [6, 6.07) is 13.8. The van der Waals surface area contributed by atoms with E-state index in [2.05, 4.69) is 44.6 Å². The van der Waals surface area contributed by atoms with Gasteiger partial charge in [-0.25, -0.2) is 0 Å². The summed E-state index contributed by atoms with van der Waals surface area (Å²) in [5.41, 5.74) is 3.21. The van der Waals surface area contributed by atoms with Crippen molar-refractivity contribution in [1.82, 2.24) is 20.2 Å². The van der Waals surface area contributed by atoms with Gasteiger partial charge in [0.05, 0.1) is 17.6 Å². The first-order valence-corrected chi connectivity index (χ1v) is 10.1. The second-order valence-corrected chi connectivity index (χ2v) is 8.92. The van der Waals surface area contributed by atoms with Crippen LogP contribution in [0.2, 0.25) is 0 Å². The van der Waals surface area contributed by atoms with E-state index in [1.54, 1.807) is 10.9 Å². The largest absolute Gasteiger partial charge is 0.424 e. The summed E-state index contributed by atoms with van der Waals surface area (Å²) < 4.78 is 5.63. The summed E-state index contributed by atoms with van der Waals surface area (Å²) in [5, 5.41) is 12.9. The zero-order valence-electron chi connectivity index (χ0n) is 19.2. The molecule has 0 saturated heterocycles. The Balaban J connectivity index is 1.81. The molecule has 0 N–H and O–H groups in total. The molecule has 2 aromatic carbocycles.